The van der Waals surface area contributed by atoms with Crippen LogP contribution >= 0.6 is 0 Å². The molecule has 0 spiro atoms. The first kappa shape index (κ1) is 23.8. The molecular weight excluding hydrogens is 380 g/mol. The number of halogens is 1. The maximum absolute atomic E-state index is 13.0. The van der Waals surface area contributed by atoms with E-state index in [0.29, 0.717) is 6.42 Å². The minimum absolute atomic E-state index is 0. The Balaban J connectivity index is 0.00000300. The average molecular weight is 417 g/mol. The summed E-state index contributed by atoms with van der Waals surface area (Å²) in [7, 11) is 0. The normalized spacial score (nSPS) is 15.2. The van der Waals surface area contributed by atoms with Gasteiger partial charge in [-0.1, -0.05) is 71.4 Å². The zero-order valence-electron chi connectivity index (χ0n) is 18.4. The summed E-state index contributed by atoms with van der Waals surface area (Å²) in [5, 5.41) is 3.45. The summed E-state index contributed by atoms with van der Waals surface area (Å²) in [6.07, 6.45) is 12.2. The number of quaternary nitrogens is 1. The van der Waals surface area contributed by atoms with Gasteiger partial charge in [-0.05, 0) is 36.8 Å². The van der Waals surface area contributed by atoms with Crippen molar-refractivity contribution in [1.82, 2.24) is 4.98 Å². The smallest absolute Gasteiger partial charge is 0.171 e. The third kappa shape index (κ3) is 6.26. The molecule has 1 aromatic carbocycles. The number of aromatic nitrogens is 1. The molecule has 1 aliphatic rings. The van der Waals surface area contributed by atoms with Crippen molar-refractivity contribution in [2.75, 3.05) is 6.54 Å². The van der Waals surface area contributed by atoms with Crippen LogP contribution in [0.25, 0.3) is 10.9 Å². The molecule has 0 aliphatic heterocycles. The number of para-hydroxylation sites is 1. The third-order valence-electron chi connectivity index (χ3n) is 5.98. The summed E-state index contributed by atoms with van der Waals surface area (Å²) in [6.45, 7) is 7.67. The quantitative estimate of drug-likeness (QED) is 0.605. The number of hydrogen-bond donors (Lipinski definition) is 1. The number of hydrogen-bond acceptors (Lipinski definition) is 2. The van der Waals surface area contributed by atoms with Gasteiger partial charge < -0.3 is 17.7 Å². The van der Waals surface area contributed by atoms with E-state index < -0.39 is 0 Å². The standard InChI is InChI=1S/C25H36N2O.ClH/c1-4-5-6-7-8-9-10-13-16-26-24-19-14-11-12-15-20(19)27-21-17-25(2,3)18-22(28)23(21)24;/h11-12,14-15H,4-10,13,16-18H2,1-3H3,(H,26,27);1H. The fourth-order valence-electron chi connectivity index (χ4n) is 4.50. The summed E-state index contributed by atoms with van der Waals surface area (Å²) in [5.74, 6) is 0.270. The van der Waals surface area contributed by atoms with Crippen molar-refractivity contribution in [2.24, 2.45) is 5.41 Å². The Bertz CT molecular complexity index is 816. The highest BCUT2D eigenvalue weighted by molar-refractivity contribution is 6.07. The molecule has 0 atom stereocenters. The molecule has 2 N–H and O–H groups in total. The van der Waals surface area contributed by atoms with Gasteiger partial charge in [0.05, 0.1) is 23.1 Å². The van der Waals surface area contributed by atoms with Crippen LogP contribution in [0.4, 0.5) is 5.69 Å². The predicted octanol–water partition coefficient (Wildman–Crippen LogP) is 2.73. The Morgan fingerprint density at radius 2 is 1.62 bits per heavy atom. The highest BCUT2D eigenvalue weighted by Gasteiger charge is 2.35. The first-order valence-corrected chi connectivity index (χ1v) is 11.3. The van der Waals surface area contributed by atoms with Gasteiger partial charge in [0.25, 0.3) is 0 Å². The third-order valence-corrected chi connectivity index (χ3v) is 5.98. The zero-order chi connectivity index (χ0) is 20.0. The number of pyridine rings is 1. The summed E-state index contributed by atoms with van der Waals surface area (Å²) < 4.78 is 0. The van der Waals surface area contributed by atoms with E-state index in [1.807, 2.05) is 6.07 Å². The molecule has 4 heteroatoms. The molecule has 1 aliphatic carbocycles. The number of fused-ring (bicyclic) bond motifs is 2. The van der Waals surface area contributed by atoms with Crippen LogP contribution in [0.15, 0.2) is 24.3 Å². The van der Waals surface area contributed by atoms with E-state index in [0.717, 1.165) is 40.8 Å². The number of rotatable bonds is 10. The van der Waals surface area contributed by atoms with Crippen LogP contribution in [0.1, 0.15) is 94.6 Å². The van der Waals surface area contributed by atoms with Crippen LogP contribution in [0.3, 0.4) is 0 Å². The maximum Gasteiger partial charge on any atom is 0.171 e. The average Bonchev–Trinajstić information content (AvgIpc) is 2.64. The van der Waals surface area contributed by atoms with E-state index in [-0.39, 0.29) is 23.6 Å². The van der Waals surface area contributed by atoms with Gasteiger partial charge in [0.15, 0.2) is 11.5 Å². The molecule has 0 fully saturated rings. The molecule has 0 unspecified atom stereocenters. The Morgan fingerprint density at radius 1 is 0.966 bits per heavy atom. The van der Waals surface area contributed by atoms with Crippen molar-refractivity contribution in [3.05, 3.63) is 35.5 Å². The van der Waals surface area contributed by atoms with Crippen LogP contribution in [0.2, 0.25) is 0 Å². The number of nitrogens with zero attached hydrogens (tertiary/aromatic N) is 1. The van der Waals surface area contributed by atoms with Gasteiger partial charge in [-0.25, -0.2) is 0 Å². The van der Waals surface area contributed by atoms with E-state index in [4.69, 9.17) is 4.98 Å². The number of benzene rings is 1. The second-order valence-electron chi connectivity index (χ2n) is 9.27. The summed E-state index contributed by atoms with van der Waals surface area (Å²) in [5.41, 5.74) is 4.08. The van der Waals surface area contributed by atoms with Gasteiger partial charge in [-0.3, -0.25) is 9.78 Å². The molecule has 0 bridgehead atoms. The van der Waals surface area contributed by atoms with Crippen LogP contribution in [0, 0.1) is 5.41 Å². The molecule has 0 radical (unpaired) electrons. The van der Waals surface area contributed by atoms with Gasteiger partial charge >= 0.3 is 0 Å². The molecular formula is C25H37ClN2O. The van der Waals surface area contributed by atoms with E-state index in [2.05, 4.69) is 44.3 Å². The number of unbranched alkanes of at least 4 members (excludes halogenated alkanes) is 7. The fourth-order valence-corrected chi connectivity index (χ4v) is 4.50. The highest BCUT2D eigenvalue weighted by Crippen LogP contribution is 2.38. The number of carbonyl (C=O) groups is 1. The SMILES string of the molecule is CCCCCCCCCC[NH2+]c1c2c(nc3ccccc13)CC(C)(C)CC2=O.[Cl-]. The van der Waals surface area contributed by atoms with Crippen LogP contribution in [0.5, 0.6) is 0 Å². The van der Waals surface area contributed by atoms with Crippen LogP contribution in [-0.4, -0.2) is 17.3 Å². The lowest BCUT2D eigenvalue weighted by Crippen LogP contribution is -3.00. The number of nitrogens with two attached hydrogens (primary N) is 1. The number of ketones is 1. The van der Waals surface area contributed by atoms with Gasteiger partial charge in [-0.15, -0.1) is 0 Å². The van der Waals surface area contributed by atoms with Gasteiger partial charge in [0.1, 0.15) is 5.56 Å². The summed E-state index contributed by atoms with van der Waals surface area (Å²) >= 11 is 0. The number of carbonyl (C=O) groups excluding carboxylic acids is 1. The lowest BCUT2D eigenvalue weighted by molar-refractivity contribution is -0.570. The van der Waals surface area contributed by atoms with Gasteiger partial charge in [0, 0.05) is 6.42 Å². The van der Waals surface area contributed by atoms with Crippen molar-refractivity contribution < 1.29 is 22.5 Å². The van der Waals surface area contributed by atoms with E-state index in [1.165, 1.54) is 51.4 Å². The van der Waals surface area contributed by atoms with Gasteiger partial charge in [0.2, 0.25) is 0 Å². The molecule has 0 amide bonds. The van der Waals surface area contributed by atoms with Crippen molar-refractivity contribution in [3.63, 3.8) is 0 Å². The lowest BCUT2D eigenvalue weighted by Gasteiger charge is -2.30. The minimum atomic E-state index is 0. The van der Waals surface area contributed by atoms with Crippen LogP contribution < -0.4 is 17.7 Å². The maximum atomic E-state index is 13.0. The predicted molar refractivity (Wildman–Crippen MR) is 117 cm³/mol. The van der Waals surface area contributed by atoms with Crippen molar-refractivity contribution in [2.45, 2.75) is 85.0 Å². The first-order chi connectivity index (χ1) is 13.5. The Labute approximate surface area is 182 Å². The molecule has 1 heterocycles. The van der Waals surface area contributed by atoms with Crippen molar-refractivity contribution >= 4 is 22.4 Å². The van der Waals surface area contributed by atoms with Gasteiger partial charge in [-0.2, -0.15) is 0 Å². The zero-order valence-corrected chi connectivity index (χ0v) is 19.2. The largest absolute Gasteiger partial charge is 1.00 e. The number of Topliss-reactive ketones (excluding diaryl/α,β-unsaturated/α-hetero) is 1. The van der Waals surface area contributed by atoms with E-state index in [1.54, 1.807) is 0 Å². The molecule has 2 aromatic rings. The fraction of sp³-hybridized carbons (Fsp3) is 0.600. The Kier molecular flexibility index (Phi) is 9.10. The van der Waals surface area contributed by atoms with Crippen molar-refractivity contribution in [3.8, 4) is 0 Å². The molecule has 160 valence electrons. The highest BCUT2D eigenvalue weighted by atomic mass is 35.5. The lowest BCUT2D eigenvalue weighted by atomic mass is 9.75. The topological polar surface area (TPSA) is 46.6 Å². The molecule has 3 rings (SSSR count). The van der Waals surface area contributed by atoms with E-state index >= 15 is 0 Å². The van der Waals surface area contributed by atoms with Crippen molar-refractivity contribution in [1.29, 1.82) is 0 Å². The Hall–Kier alpha value is -1.45. The molecule has 29 heavy (non-hydrogen) atoms. The second kappa shape index (κ2) is 11.1. The first-order valence-electron chi connectivity index (χ1n) is 11.3. The molecule has 1 aromatic heterocycles. The molecule has 0 saturated carbocycles. The minimum Gasteiger partial charge on any atom is -1.00 e. The second-order valence-corrected chi connectivity index (χ2v) is 9.27. The monoisotopic (exact) mass is 416 g/mol. The summed E-state index contributed by atoms with van der Waals surface area (Å²) in [6, 6.07) is 8.30. The van der Waals surface area contributed by atoms with Crippen LogP contribution in [-0.2, 0) is 6.42 Å². The Morgan fingerprint density at radius 3 is 2.34 bits per heavy atom. The van der Waals surface area contributed by atoms with E-state index in [9.17, 15) is 4.79 Å². The summed E-state index contributed by atoms with van der Waals surface area (Å²) in [4.78, 5) is 17.8. The molecule has 0 saturated heterocycles. The molecule has 3 nitrogen and oxygen atoms in total.